The van der Waals surface area contributed by atoms with Crippen molar-refractivity contribution in [1.29, 1.82) is 0 Å². The highest BCUT2D eigenvalue weighted by molar-refractivity contribution is 5.82. The van der Waals surface area contributed by atoms with Crippen molar-refractivity contribution in [2.24, 2.45) is 11.3 Å². The highest BCUT2D eigenvalue weighted by Crippen LogP contribution is 2.43. The van der Waals surface area contributed by atoms with Gasteiger partial charge < -0.3 is 10.6 Å². The molecule has 0 aromatic carbocycles. The fourth-order valence-corrected chi connectivity index (χ4v) is 3.91. The lowest BCUT2D eigenvalue weighted by molar-refractivity contribution is -0.131. The van der Waals surface area contributed by atoms with Crippen molar-refractivity contribution in [3.05, 3.63) is 0 Å². The molecule has 19 heavy (non-hydrogen) atoms. The zero-order chi connectivity index (χ0) is 13.7. The van der Waals surface area contributed by atoms with E-state index in [1.807, 2.05) is 0 Å². The molecule has 1 heterocycles. The van der Waals surface area contributed by atoms with Crippen molar-refractivity contribution in [3.63, 3.8) is 0 Å². The smallest absolute Gasteiger partial charge is 0.226 e. The van der Waals surface area contributed by atoms with Crippen LogP contribution in [0.1, 0.15) is 65.2 Å². The predicted molar refractivity (Wildman–Crippen MR) is 79.0 cm³/mol. The predicted octanol–water partition coefficient (Wildman–Crippen LogP) is 2.85. The summed E-state index contributed by atoms with van der Waals surface area (Å²) in [6, 6.07) is 0.630. The second-order valence-corrected chi connectivity index (χ2v) is 6.92. The molecule has 2 rings (SSSR count). The zero-order valence-electron chi connectivity index (χ0n) is 12.6. The molecule has 0 radical (unpaired) electrons. The minimum absolute atomic E-state index is 0.0444. The summed E-state index contributed by atoms with van der Waals surface area (Å²) in [4.78, 5) is 12.5. The lowest BCUT2D eigenvalue weighted by atomic mass is 9.77. The molecule has 0 unspecified atom stereocenters. The molecule has 2 N–H and O–H groups in total. The summed E-state index contributed by atoms with van der Waals surface area (Å²) in [6.45, 7) is 6.46. The fourth-order valence-electron chi connectivity index (χ4n) is 3.91. The minimum Gasteiger partial charge on any atom is -0.356 e. The van der Waals surface area contributed by atoms with Crippen molar-refractivity contribution >= 4 is 5.91 Å². The number of carbonyl (C=O) groups excluding carboxylic acids is 1. The molecule has 3 nitrogen and oxygen atoms in total. The van der Waals surface area contributed by atoms with Gasteiger partial charge in [-0.15, -0.1) is 0 Å². The van der Waals surface area contributed by atoms with E-state index < -0.39 is 0 Å². The summed E-state index contributed by atoms with van der Waals surface area (Å²) < 4.78 is 0. The first kappa shape index (κ1) is 14.8. The van der Waals surface area contributed by atoms with Crippen LogP contribution in [0, 0.1) is 11.3 Å². The van der Waals surface area contributed by atoms with E-state index in [2.05, 4.69) is 24.5 Å². The maximum atomic E-state index is 12.5. The van der Waals surface area contributed by atoms with Gasteiger partial charge in [0.25, 0.3) is 0 Å². The second kappa shape index (κ2) is 6.74. The molecule has 110 valence electrons. The molecule has 2 fully saturated rings. The molecule has 1 aliphatic carbocycles. The molecule has 0 spiro atoms. The topological polar surface area (TPSA) is 41.1 Å². The molecular weight excluding hydrogens is 236 g/mol. The molecule has 0 aromatic heterocycles. The molecule has 2 aliphatic rings. The van der Waals surface area contributed by atoms with Gasteiger partial charge in [-0.05, 0) is 51.0 Å². The molecule has 1 aliphatic heterocycles. The minimum atomic E-state index is -0.0444. The Bertz CT molecular complexity index is 289. The monoisotopic (exact) mass is 266 g/mol. The van der Waals surface area contributed by atoms with Gasteiger partial charge >= 0.3 is 0 Å². The maximum absolute atomic E-state index is 12.5. The van der Waals surface area contributed by atoms with Gasteiger partial charge in [0.1, 0.15) is 0 Å². The SMILES string of the molecule is CC(C)CC1(C(=O)NCC[C@H]2CCCN2)CCCC1. The van der Waals surface area contributed by atoms with Gasteiger partial charge in [0, 0.05) is 18.0 Å². The van der Waals surface area contributed by atoms with Gasteiger partial charge in [-0.2, -0.15) is 0 Å². The Morgan fingerprint density at radius 2 is 2.05 bits per heavy atom. The number of hydrogen-bond donors (Lipinski definition) is 2. The number of hydrogen-bond acceptors (Lipinski definition) is 2. The second-order valence-electron chi connectivity index (χ2n) is 6.92. The first-order valence-electron chi connectivity index (χ1n) is 8.14. The summed E-state index contributed by atoms with van der Waals surface area (Å²) >= 11 is 0. The Balaban J connectivity index is 1.78. The summed E-state index contributed by atoms with van der Waals surface area (Å²) in [7, 11) is 0. The van der Waals surface area contributed by atoms with Crippen molar-refractivity contribution < 1.29 is 4.79 Å². The van der Waals surface area contributed by atoms with Crippen LogP contribution in [0.3, 0.4) is 0 Å². The molecule has 0 aromatic rings. The van der Waals surface area contributed by atoms with Gasteiger partial charge in [-0.1, -0.05) is 26.7 Å². The Morgan fingerprint density at radius 1 is 1.32 bits per heavy atom. The number of rotatable bonds is 6. The molecule has 1 amide bonds. The first-order chi connectivity index (χ1) is 9.12. The van der Waals surface area contributed by atoms with Crippen LogP contribution in [0.5, 0.6) is 0 Å². The molecule has 3 heteroatoms. The van der Waals surface area contributed by atoms with Crippen molar-refractivity contribution in [2.45, 2.75) is 71.3 Å². The Morgan fingerprint density at radius 3 is 2.63 bits per heavy atom. The van der Waals surface area contributed by atoms with Gasteiger partial charge in [0.15, 0.2) is 0 Å². The van der Waals surface area contributed by atoms with Crippen LogP contribution in [0.15, 0.2) is 0 Å². The quantitative estimate of drug-likeness (QED) is 0.776. The lowest BCUT2D eigenvalue weighted by Crippen LogP contribution is -2.41. The van der Waals surface area contributed by atoms with Crippen LogP contribution in [0.4, 0.5) is 0 Å². The fraction of sp³-hybridized carbons (Fsp3) is 0.938. The van der Waals surface area contributed by atoms with Crippen molar-refractivity contribution in [3.8, 4) is 0 Å². The van der Waals surface area contributed by atoms with E-state index in [0.29, 0.717) is 17.9 Å². The third-order valence-electron chi connectivity index (χ3n) is 4.78. The maximum Gasteiger partial charge on any atom is 0.226 e. The van der Waals surface area contributed by atoms with E-state index in [4.69, 9.17) is 0 Å². The summed E-state index contributed by atoms with van der Waals surface area (Å²) in [5.74, 6) is 0.942. The summed E-state index contributed by atoms with van der Waals surface area (Å²) in [6.07, 6.45) is 9.35. The van der Waals surface area contributed by atoms with Crippen molar-refractivity contribution in [1.82, 2.24) is 10.6 Å². The molecule has 0 bridgehead atoms. The van der Waals surface area contributed by atoms with Crippen LogP contribution in [0.2, 0.25) is 0 Å². The largest absolute Gasteiger partial charge is 0.356 e. The van der Waals surface area contributed by atoms with Gasteiger partial charge in [0.05, 0.1) is 0 Å². The standard InChI is InChI=1S/C16H30N2O/c1-13(2)12-16(8-3-4-9-16)15(19)18-11-7-14-6-5-10-17-14/h13-14,17H,3-12H2,1-2H3,(H,18,19)/t14-/m1/s1. The average molecular weight is 266 g/mol. The van der Waals surface area contributed by atoms with E-state index in [0.717, 1.165) is 38.8 Å². The van der Waals surface area contributed by atoms with Gasteiger partial charge in [0.2, 0.25) is 5.91 Å². The molecule has 1 saturated carbocycles. The van der Waals surface area contributed by atoms with E-state index >= 15 is 0 Å². The van der Waals surface area contributed by atoms with Crippen LogP contribution in [0.25, 0.3) is 0 Å². The van der Waals surface area contributed by atoms with E-state index in [9.17, 15) is 4.79 Å². The Kier molecular flexibility index (Phi) is 5.26. The normalized spacial score (nSPS) is 25.9. The summed E-state index contributed by atoms with van der Waals surface area (Å²) in [5, 5.41) is 6.71. The highest BCUT2D eigenvalue weighted by atomic mass is 16.2. The lowest BCUT2D eigenvalue weighted by Gasteiger charge is -2.29. The van der Waals surface area contributed by atoms with Gasteiger partial charge in [-0.3, -0.25) is 4.79 Å². The zero-order valence-corrected chi connectivity index (χ0v) is 12.6. The number of carbonyl (C=O) groups is 1. The molecular formula is C16H30N2O. The van der Waals surface area contributed by atoms with Crippen LogP contribution in [-0.4, -0.2) is 25.0 Å². The van der Waals surface area contributed by atoms with Crippen LogP contribution >= 0.6 is 0 Å². The average Bonchev–Trinajstić information content (AvgIpc) is 3.00. The van der Waals surface area contributed by atoms with Crippen LogP contribution in [-0.2, 0) is 4.79 Å². The van der Waals surface area contributed by atoms with Gasteiger partial charge in [-0.25, -0.2) is 0 Å². The number of nitrogens with one attached hydrogen (secondary N) is 2. The van der Waals surface area contributed by atoms with Crippen LogP contribution < -0.4 is 10.6 Å². The van der Waals surface area contributed by atoms with E-state index in [1.165, 1.54) is 25.7 Å². The third-order valence-corrected chi connectivity index (χ3v) is 4.78. The number of amides is 1. The van der Waals surface area contributed by atoms with E-state index in [-0.39, 0.29) is 5.41 Å². The Hall–Kier alpha value is -0.570. The van der Waals surface area contributed by atoms with E-state index in [1.54, 1.807) is 0 Å². The third kappa shape index (κ3) is 3.95. The molecule has 1 atom stereocenters. The Labute approximate surface area is 117 Å². The molecule has 1 saturated heterocycles. The highest BCUT2D eigenvalue weighted by Gasteiger charge is 2.41. The first-order valence-corrected chi connectivity index (χ1v) is 8.14. The summed E-state index contributed by atoms with van der Waals surface area (Å²) in [5.41, 5.74) is -0.0444. The van der Waals surface area contributed by atoms with Crippen molar-refractivity contribution in [2.75, 3.05) is 13.1 Å².